The number of nitrogens with one attached hydrogen (secondary N) is 1. The van der Waals surface area contributed by atoms with Gasteiger partial charge in [-0.25, -0.2) is 4.98 Å². The van der Waals surface area contributed by atoms with Crippen LogP contribution in [0.3, 0.4) is 0 Å². The largest absolute Gasteiger partial charge is 0.356 e. The van der Waals surface area contributed by atoms with Gasteiger partial charge in [0, 0.05) is 25.9 Å². The normalized spacial score (nSPS) is 17.2. The van der Waals surface area contributed by atoms with E-state index in [0.29, 0.717) is 6.54 Å². The highest BCUT2D eigenvalue weighted by Crippen LogP contribution is 2.36. The number of hydrogen-bond acceptors (Lipinski definition) is 4. The first kappa shape index (κ1) is 17.9. The number of rotatable bonds is 7. The molecular formula is C19H25N3O2S. The van der Waals surface area contributed by atoms with Gasteiger partial charge in [-0.05, 0) is 31.4 Å². The summed E-state index contributed by atoms with van der Waals surface area (Å²) in [4.78, 5) is 31.0. The van der Waals surface area contributed by atoms with Crippen LogP contribution in [0.4, 0.5) is 0 Å². The molecule has 2 heterocycles. The van der Waals surface area contributed by atoms with E-state index in [9.17, 15) is 9.59 Å². The molecule has 0 saturated carbocycles. The molecular weight excluding hydrogens is 334 g/mol. The molecule has 3 rings (SSSR count). The minimum Gasteiger partial charge on any atom is -0.356 e. The first-order valence-corrected chi connectivity index (χ1v) is 9.92. The highest BCUT2D eigenvalue weighted by Gasteiger charge is 2.32. The first-order valence-electron chi connectivity index (χ1n) is 9.10. The van der Waals surface area contributed by atoms with Gasteiger partial charge in [-0.3, -0.25) is 9.59 Å². The maximum atomic E-state index is 12.6. The van der Waals surface area contributed by atoms with Crippen molar-refractivity contribution in [3.8, 4) is 0 Å². The smallest absolute Gasteiger partial charge is 0.223 e. The summed E-state index contributed by atoms with van der Waals surface area (Å²) in [6.45, 7) is 3.55. The molecule has 1 fully saturated rings. The minimum atomic E-state index is -0.0301. The average Bonchev–Trinajstić information content (AvgIpc) is 3.26. The number of aromatic nitrogens is 1. The van der Waals surface area contributed by atoms with Gasteiger partial charge in [0.2, 0.25) is 11.8 Å². The lowest BCUT2D eigenvalue weighted by Gasteiger charge is -2.23. The van der Waals surface area contributed by atoms with Crippen molar-refractivity contribution in [3.05, 3.63) is 29.3 Å². The molecule has 25 heavy (non-hydrogen) atoms. The molecule has 0 spiro atoms. The van der Waals surface area contributed by atoms with Crippen molar-refractivity contribution in [1.29, 1.82) is 0 Å². The topological polar surface area (TPSA) is 62.3 Å². The van der Waals surface area contributed by atoms with Crippen molar-refractivity contribution < 1.29 is 9.59 Å². The van der Waals surface area contributed by atoms with E-state index in [0.717, 1.165) is 47.5 Å². The number of hydrogen-bond donors (Lipinski definition) is 1. The predicted molar refractivity (Wildman–Crippen MR) is 100 cm³/mol. The van der Waals surface area contributed by atoms with Crippen LogP contribution in [-0.2, 0) is 9.59 Å². The van der Waals surface area contributed by atoms with Crippen LogP contribution in [0.5, 0.6) is 0 Å². The van der Waals surface area contributed by atoms with Crippen molar-refractivity contribution in [2.75, 3.05) is 13.1 Å². The lowest BCUT2D eigenvalue weighted by Crippen LogP contribution is -2.32. The number of amides is 2. The third-order valence-corrected chi connectivity index (χ3v) is 5.72. The van der Waals surface area contributed by atoms with Crippen LogP contribution < -0.4 is 5.32 Å². The molecule has 1 N–H and O–H groups in total. The Morgan fingerprint density at radius 3 is 2.96 bits per heavy atom. The van der Waals surface area contributed by atoms with Crippen LogP contribution in [0, 0.1) is 0 Å². The second-order valence-corrected chi connectivity index (χ2v) is 7.53. The van der Waals surface area contributed by atoms with E-state index >= 15 is 0 Å². The number of fused-ring (bicyclic) bond motifs is 1. The zero-order chi connectivity index (χ0) is 17.6. The zero-order valence-corrected chi connectivity index (χ0v) is 15.5. The number of benzene rings is 1. The van der Waals surface area contributed by atoms with E-state index in [1.807, 2.05) is 23.1 Å². The molecule has 1 atom stereocenters. The highest BCUT2D eigenvalue weighted by atomic mass is 32.1. The number of likely N-dealkylation sites (tertiary alicyclic amines) is 1. The average molecular weight is 359 g/mol. The monoisotopic (exact) mass is 359 g/mol. The van der Waals surface area contributed by atoms with Crippen LogP contribution in [0.15, 0.2) is 24.3 Å². The molecule has 134 valence electrons. The van der Waals surface area contributed by atoms with Crippen molar-refractivity contribution in [2.45, 2.75) is 51.5 Å². The predicted octanol–water partition coefficient (Wildman–Crippen LogP) is 3.66. The van der Waals surface area contributed by atoms with Gasteiger partial charge in [0.15, 0.2) is 0 Å². The van der Waals surface area contributed by atoms with E-state index in [-0.39, 0.29) is 30.7 Å². The molecule has 0 bridgehead atoms. The molecule has 1 saturated heterocycles. The quantitative estimate of drug-likeness (QED) is 0.768. The number of nitrogens with zero attached hydrogens (tertiary/aromatic N) is 2. The highest BCUT2D eigenvalue weighted by molar-refractivity contribution is 7.18. The molecule has 6 heteroatoms. The van der Waals surface area contributed by atoms with Crippen molar-refractivity contribution >= 4 is 33.4 Å². The summed E-state index contributed by atoms with van der Waals surface area (Å²) in [5.41, 5.74) is 0.997. The first-order chi connectivity index (χ1) is 12.2. The zero-order valence-electron chi connectivity index (χ0n) is 14.7. The van der Waals surface area contributed by atoms with Gasteiger partial charge < -0.3 is 10.2 Å². The maximum Gasteiger partial charge on any atom is 0.223 e. The summed E-state index contributed by atoms with van der Waals surface area (Å²) in [7, 11) is 0. The molecule has 0 unspecified atom stereocenters. The Morgan fingerprint density at radius 2 is 2.16 bits per heavy atom. The van der Waals surface area contributed by atoms with Crippen LogP contribution in [-0.4, -0.2) is 34.8 Å². The molecule has 2 aromatic rings. The number of carbonyl (C=O) groups excluding carboxylic acids is 2. The van der Waals surface area contributed by atoms with Crippen LogP contribution in [0.1, 0.15) is 56.5 Å². The minimum absolute atomic E-state index is 0.0301. The second kappa shape index (κ2) is 8.43. The van der Waals surface area contributed by atoms with E-state index in [1.165, 1.54) is 0 Å². The number of unbranched alkanes of at least 4 members (excludes halogenated alkanes) is 1. The van der Waals surface area contributed by atoms with Gasteiger partial charge in [0.1, 0.15) is 5.01 Å². The van der Waals surface area contributed by atoms with Gasteiger partial charge in [-0.1, -0.05) is 25.5 Å². The summed E-state index contributed by atoms with van der Waals surface area (Å²) >= 11 is 1.67. The molecule has 0 aliphatic carbocycles. The lowest BCUT2D eigenvalue weighted by molar-refractivity contribution is -0.134. The Morgan fingerprint density at radius 1 is 1.32 bits per heavy atom. The fraction of sp³-hybridized carbons (Fsp3) is 0.526. The van der Waals surface area contributed by atoms with E-state index in [2.05, 4.69) is 18.3 Å². The maximum absolute atomic E-state index is 12.6. The fourth-order valence-electron chi connectivity index (χ4n) is 3.21. The summed E-state index contributed by atoms with van der Waals surface area (Å²) in [6.07, 6.45) is 4.52. The lowest BCUT2D eigenvalue weighted by atomic mass is 10.2. The third kappa shape index (κ3) is 4.37. The van der Waals surface area contributed by atoms with Crippen molar-refractivity contribution in [2.24, 2.45) is 0 Å². The molecule has 1 aliphatic rings. The fourth-order valence-corrected chi connectivity index (χ4v) is 4.33. The summed E-state index contributed by atoms with van der Waals surface area (Å²) in [5.74, 6) is 0.0323. The molecule has 5 nitrogen and oxygen atoms in total. The van der Waals surface area contributed by atoms with Crippen LogP contribution >= 0.6 is 11.3 Å². The Hall–Kier alpha value is -1.95. The molecule has 2 amide bonds. The van der Waals surface area contributed by atoms with Gasteiger partial charge in [-0.15, -0.1) is 11.3 Å². The van der Waals surface area contributed by atoms with Gasteiger partial charge >= 0.3 is 0 Å². The molecule has 1 aliphatic heterocycles. The van der Waals surface area contributed by atoms with Crippen LogP contribution in [0.2, 0.25) is 0 Å². The van der Waals surface area contributed by atoms with Gasteiger partial charge in [0.25, 0.3) is 0 Å². The van der Waals surface area contributed by atoms with Gasteiger partial charge in [-0.2, -0.15) is 0 Å². The SMILES string of the molecule is CCCCNC(=O)CCC(=O)N1CCC[C@@H]1c1nc2ccccc2s1. The Bertz CT molecular complexity index is 710. The van der Waals surface area contributed by atoms with E-state index in [4.69, 9.17) is 4.98 Å². The van der Waals surface area contributed by atoms with E-state index < -0.39 is 0 Å². The Balaban J connectivity index is 1.59. The number of para-hydroxylation sites is 1. The molecule has 1 aromatic heterocycles. The number of carbonyl (C=O) groups is 2. The molecule has 1 aromatic carbocycles. The molecule has 0 radical (unpaired) electrons. The van der Waals surface area contributed by atoms with Crippen molar-refractivity contribution in [3.63, 3.8) is 0 Å². The third-order valence-electron chi connectivity index (χ3n) is 4.59. The van der Waals surface area contributed by atoms with Crippen LogP contribution in [0.25, 0.3) is 10.2 Å². The van der Waals surface area contributed by atoms with Gasteiger partial charge in [0.05, 0.1) is 16.3 Å². The van der Waals surface area contributed by atoms with Crippen molar-refractivity contribution in [1.82, 2.24) is 15.2 Å². The number of thiazole rings is 1. The summed E-state index contributed by atoms with van der Waals surface area (Å²) in [5, 5.41) is 3.88. The Kier molecular flexibility index (Phi) is 6.02. The van der Waals surface area contributed by atoms with E-state index in [1.54, 1.807) is 11.3 Å². The second-order valence-electron chi connectivity index (χ2n) is 6.47. The summed E-state index contributed by atoms with van der Waals surface area (Å²) in [6, 6.07) is 8.14. The summed E-state index contributed by atoms with van der Waals surface area (Å²) < 4.78 is 1.16. The Labute approximate surface area is 152 Å². The standard InChI is InChI=1S/C19H25N3O2S/c1-2-3-12-20-17(23)10-11-18(24)22-13-6-8-15(22)19-21-14-7-4-5-9-16(14)25-19/h4-5,7,9,15H,2-3,6,8,10-13H2,1H3,(H,20,23)/t15-/m1/s1.